The molecule has 0 aliphatic carbocycles. The first-order valence-electron chi connectivity index (χ1n) is 5.78. The van der Waals surface area contributed by atoms with E-state index in [0.29, 0.717) is 0 Å². The number of carbonyl (C=O) groups excluding carboxylic acids is 1. The highest BCUT2D eigenvalue weighted by Gasteiger charge is 2.13. The molecule has 6 heteroatoms. The van der Waals surface area contributed by atoms with Gasteiger partial charge in [-0.1, -0.05) is 6.07 Å². The van der Waals surface area contributed by atoms with Crippen molar-refractivity contribution in [3.8, 4) is 0 Å². The van der Waals surface area contributed by atoms with Crippen molar-refractivity contribution in [1.29, 1.82) is 0 Å². The van der Waals surface area contributed by atoms with Crippen molar-refractivity contribution in [2.45, 2.75) is 38.8 Å². The zero-order chi connectivity index (χ0) is 13.5. The molecule has 2 amide bonds. The highest BCUT2D eigenvalue weighted by Crippen LogP contribution is 2.10. The Balaban J connectivity index is 2.29. The number of carboxylic acids is 1. The van der Waals surface area contributed by atoms with Crippen molar-refractivity contribution in [1.82, 2.24) is 10.6 Å². The molecule has 0 saturated heterocycles. The third-order valence-electron chi connectivity index (χ3n) is 2.32. The Morgan fingerprint density at radius 3 is 2.56 bits per heavy atom. The van der Waals surface area contributed by atoms with E-state index < -0.39 is 5.97 Å². The van der Waals surface area contributed by atoms with Crippen LogP contribution in [-0.2, 0) is 11.2 Å². The molecule has 0 aromatic carbocycles. The van der Waals surface area contributed by atoms with Crippen LogP contribution in [-0.4, -0.2) is 29.2 Å². The summed E-state index contributed by atoms with van der Waals surface area (Å²) in [5, 5.41) is 16.0. The SMILES string of the molecule is CC(CC(=O)O)NC(=O)NC(C)Cc1cccs1. The van der Waals surface area contributed by atoms with E-state index in [0.717, 1.165) is 6.42 Å². The van der Waals surface area contributed by atoms with E-state index in [1.54, 1.807) is 18.3 Å². The van der Waals surface area contributed by atoms with E-state index in [9.17, 15) is 9.59 Å². The molecule has 1 aromatic heterocycles. The van der Waals surface area contributed by atoms with Gasteiger partial charge in [-0.3, -0.25) is 4.79 Å². The van der Waals surface area contributed by atoms with Crippen LogP contribution in [0.3, 0.4) is 0 Å². The van der Waals surface area contributed by atoms with E-state index in [2.05, 4.69) is 10.6 Å². The number of thiophene rings is 1. The zero-order valence-electron chi connectivity index (χ0n) is 10.5. The smallest absolute Gasteiger partial charge is 0.315 e. The molecule has 0 fully saturated rings. The van der Waals surface area contributed by atoms with E-state index in [-0.39, 0.29) is 24.5 Å². The third kappa shape index (κ3) is 5.67. The highest BCUT2D eigenvalue weighted by molar-refractivity contribution is 7.09. The van der Waals surface area contributed by atoms with Gasteiger partial charge in [0.1, 0.15) is 0 Å². The minimum absolute atomic E-state index is 0.0145. The Morgan fingerprint density at radius 2 is 2.00 bits per heavy atom. The second kappa shape index (κ2) is 7.00. The molecular formula is C12H18N2O3S. The van der Waals surface area contributed by atoms with Crippen LogP contribution in [0.2, 0.25) is 0 Å². The van der Waals surface area contributed by atoms with Gasteiger partial charge in [-0.25, -0.2) is 4.79 Å². The third-order valence-corrected chi connectivity index (χ3v) is 3.22. The average molecular weight is 270 g/mol. The number of amides is 2. The summed E-state index contributed by atoms with van der Waals surface area (Å²) in [6, 6.07) is 3.31. The van der Waals surface area contributed by atoms with Crippen LogP contribution >= 0.6 is 11.3 Å². The first-order valence-corrected chi connectivity index (χ1v) is 6.66. The fourth-order valence-corrected chi connectivity index (χ4v) is 2.42. The Kier molecular flexibility index (Phi) is 5.64. The summed E-state index contributed by atoms with van der Waals surface area (Å²) < 4.78 is 0. The van der Waals surface area contributed by atoms with Crippen LogP contribution in [0.15, 0.2) is 17.5 Å². The molecule has 1 heterocycles. The van der Waals surface area contributed by atoms with E-state index in [1.165, 1.54) is 4.88 Å². The molecule has 100 valence electrons. The maximum atomic E-state index is 11.6. The number of carboxylic acid groups (broad SMARTS) is 1. The molecule has 0 spiro atoms. The van der Waals surface area contributed by atoms with Crippen LogP contribution in [0.1, 0.15) is 25.1 Å². The molecule has 1 aromatic rings. The highest BCUT2D eigenvalue weighted by atomic mass is 32.1. The van der Waals surface area contributed by atoms with Crippen LogP contribution in [0, 0.1) is 0 Å². The van der Waals surface area contributed by atoms with Gasteiger partial charge in [0.15, 0.2) is 0 Å². The van der Waals surface area contributed by atoms with E-state index in [4.69, 9.17) is 5.11 Å². The summed E-state index contributed by atoms with van der Waals surface area (Å²) in [5.41, 5.74) is 0. The number of hydrogen-bond acceptors (Lipinski definition) is 3. The number of nitrogens with one attached hydrogen (secondary N) is 2. The minimum Gasteiger partial charge on any atom is -0.481 e. The molecule has 2 unspecified atom stereocenters. The number of urea groups is 1. The minimum atomic E-state index is -0.922. The van der Waals surface area contributed by atoms with Crippen LogP contribution in [0.4, 0.5) is 4.79 Å². The average Bonchev–Trinajstić information content (AvgIpc) is 2.67. The molecular weight excluding hydrogens is 252 g/mol. The number of carbonyl (C=O) groups is 2. The van der Waals surface area contributed by atoms with Gasteiger partial charge in [0, 0.05) is 23.4 Å². The zero-order valence-corrected chi connectivity index (χ0v) is 11.3. The topological polar surface area (TPSA) is 78.4 Å². The summed E-state index contributed by atoms with van der Waals surface area (Å²) >= 11 is 1.65. The molecule has 5 nitrogen and oxygen atoms in total. The Morgan fingerprint density at radius 1 is 1.33 bits per heavy atom. The largest absolute Gasteiger partial charge is 0.481 e. The lowest BCUT2D eigenvalue weighted by molar-refractivity contribution is -0.137. The first kappa shape index (κ1) is 14.5. The molecule has 1 rings (SSSR count). The summed E-state index contributed by atoms with van der Waals surface area (Å²) in [5.74, 6) is -0.922. The molecule has 0 aliphatic heterocycles. The van der Waals surface area contributed by atoms with Gasteiger partial charge >= 0.3 is 12.0 Å². The van der Waals surface area contributed by atoms with Gasteiger partial charge in [-0.15, -0.1) is 11.3 Å². The predicted octanol–water partition coefficient (Wildman–Crippen LogP) is 1.84. The maximum Gasteiger partial charge on any atom is 0.315 e. The van der Waals surface area contributed by atoms with Gasteiger partial charge in [-0.2, -0.15) is 0 Å². The van der Waals surface area contributed by atoms with Gasteiger partial charge < -0.3 is 15.7 Å². The van der Waals surface area contributed by atoms with Crippen LogP contribution in [0.5, 0.6) is 0 Å². The molecule has 18 heavy (non-hydrogen) atoms. The fraction of sp³-hybridized carbons (Fsp3) is 0.500. The standard InChI is InChI=1S/C12H18N2O3S/c1-8(6-10-4-3-5-18-10)13-12(17)14-9(2)7-11(15)16/h3-5,8-9H,6-7H2,1-2H3,(H,15,16)(H2,13,14,17). The maximum absolute atomic E-state index is 11.6. The normalized spacial score (nSPS) is 13.7. The van der Waals surface area contributed by atoms with Gasteiger partial charge in [0.05, 0.1) is 6.42 Å². The molecule has 3 N–H and O–H groups in total. The van der Waals surface area contributed by atoms with Crippen molar-refractivity contribution >= 4 is 23.3 Å². The van der Waals surface area contributed by atoms with Crippen molar-refractivity contribution < 1.29 is 14.7 Å². The Labute approximate surface area is 110 Å². The summed E-state index contributed by atoms with van der Waals surface area (Å²) in [6.07, 6.45) is 0.700. The number of rotatable bonds is 6. The lowest BCUT2D eigenvalue weighted by atomic mass is 10.2. The van der Waals surface area contributed by atoms with Crippen LogP contribution < -0.4 is 10.6 Å². The summed E-state index contributed by atoms with van der Waals surface area (Å²) in [4.78, 5) is 23.2. The Bertz CT molecular complexity index is 392. The fourth-order valence-electron chi connectivity index (χ4n) is 1.58. The predicted molar refractivity (Wildman–Crippen MR) is 70.9 cm³/mol. The van der Waals surface area contributed by atoms with Gasteiger partial charge in [0.2, 0.25) is 0 Å². The lowest BCUT2D eigenvalue weighted by Crippen LogP contribution is -2.45. The van der Waals surface area contributed by atoms with Crippen molar-refractivity contribution in [3.63, 3.8) is 0 Å². The second-order valence-corrected chi connectivity index (χ2v) is 5.33. The monoisotopic (exact) mass is 270 g/mol. The molecule has 0 radical (unpaired) electrons. The van der Waals surface area contributed by atoms with Gasteiger partial charge in [0.25, 0.3) is 0 Å². The molecule has 2 atom stereocenters. The van der Waals surface area contributed by atoms with Crippen molar-refractivity contribution in [2.24, 2.45) is 0 Å². The van der Waals surface area contributed by atoms with E-state index in [1.807, 2.05) is 24.4 Å². The van der Waals surface area contributed by atoms with Crippen LogP contribution in [0.25, 0.3) is 0 Å². The first-order chi connectivity index (χ1) is 8.47. The second-order valence-electron chi connectivity index (χ2n) is 4.30. The Hall–Kier alpha value is -1.56. The van der Waals surface area contributed by atoms with E-state index >= 15 is 0 Å². The molecule has 0 aliphatic rings. The van der Waals surface area contributed by atoms with Crippen molar-refractivity contribution in [3.05, 3.63) is 22.4 Å². The summed E-state index contributed by atoms with van der Waals surface area (Å²) in [6.45, 7) is 3.58. The molecule has 0 saturated carbocycles. The lowest BCUT2D eigenvalue weighted by Gasteiger charge is -2.16. The van der Waals surface area contributed by atoms with Gasteiger partial charge in [-0.05, 0) is 25.3 Å². The molecule has 0 bridgehead atoms. The number of aliphatic carboxylic acids is 1. The van der Waals surface area contributed by atoms with Crippen molar-refractivity contribution in [2.75, 3.05) is 0 Å². The quantitative estimate of drug-likeness (QED) is 0.738. The number of hydrogen-bond donors (Lipinski definition) is 3. The summed E-state index contributed by atoms with van der Waals surface area (Å²) in [7, 11) is 0.